The Hall–Kier alpha value is -3.15. The monoisotopic (exact) mass is 405 g/mol. The molecule has 1 N–H and O–H groups in total. The molecule has 0 aromatic heterocycles. The van der Waals surface area contributed by atoms with Gasteiger partial charge in [-0.3, -0.25) is 14.5 Å². The molecule has 1 aliphatic heterocycles. The van der Waals surface area contributed by atoms with E-state index in [2.05, 4.69) is 5.32 Å². The van der Waals surface area contributed by atoms with Crippen molar-refractivity contribution in [1.29, 1.82) is 0 Å². The fourth-order valence-electron chi connectivity index (χ4n) is 4.44. The Kier molecular flexibility index (Phi) is 5.33. The molecule has 30 heavy (non-hydrogen) atoms. The first-order valence-electron chi connectivity index (χ1n) is 10.5. The molecule has 0 bridgehead atoms. The normalized spacial score (nSPS) is 19.9. The van der Waals surface area contributed by atoms with Gasteiger partial charge in [0.05, 0.1) is 0 Å². The Labute approximate surface area is 176 Å². The maximum absolute atomic E-state index is 13.3. The Morgan fingerprint density at radius 3 is 2.60 bits per heavy atom. The summed E-state index contributed by atoms with van der Waals surface area (Å²) >= 11 is 0. The molecule has 1 spiro atoms. The number of benzene rings is 2. The van der Waals surface area contributed by atoms with Crippen molar-refractivity contribution in [2.75, 3.05) is 13.1 Å². The summed E-state index contributed by atoms with van der Waals surface area (Å²) in [7, 11) is 0. The van der Waals surface area contributed by atoms with Crippen LogP contribution in [0.3, 0.4) is 0 Å². The van der Waals surface area contributed by atoms with E-state index in [0.717, 1.165) is 40.0 Å². The van der Waals surface area contributed by atoms with Crippen LogP contribution in [-0.2, 0) is 28.1 Å². The molecular weight excluding hydrogens is 378 g/mol. The molecule has 0 radical (unpaired) electrons. The standard InChI is InChI=1S/C24H27N3O3/c1-3-14-26(15-18-10-8-17(2)9-11-18)21(28)16-27-22(29)24(25-23(27)30)13-12-19-6-4-5-7-20(19)24/h4-11H,3,12-16H2,1-2H3,(H,25,30). The van der Waals surface area contributed by atoms with Crippen LogP contribution < -0.4 is 5.32 Å². The quantitative estimate of drug-likeness (QED) is 0.751. The molecule has 4 amide bonds. The van der Waals surface area contributed by atoms with Gasteiger partial charge in [-0.25, -0.2) is 4.79 Å². The fraction of sp³-hybridized carbons (Fsp3) is 0.375. The van der Waals surface area contributed by atoms with Crippen LogP contribution >= 0.6 is 0 Å². The van der Waals surface area contributed by atoms with Gasteiger partial charge in [-0.05, 0) is 42.9 Å². The van der Waals surface area contributed by atoms with Crippen LogP contribution in [0, 0.1) is 6.92 Å². The number of nitrogens with zero attached hydrogens (tertiary/aromatic N) is 2. The number of hydrogen-bond donors (Lipinski definition) is 1. The summed E-state index contributed by atoms with van der Waals surface area (Å²) in [5, 5.41) is 2.88. The first-order valence-corrected chi connectivity index (χ1v) is 10.5. The van der Waals surface area contributed by atoms with Crippen molar-refractivity contribution < 1.29 is 14.4 Å². The molecule has 1 fully saturated rings. The Bertz CT molecular complexity index is 985. The lowest BCUT2D eigenvalue weighted by molar-refractivity contribution is -0.139. The largest absolute Gasteiger partial charge is 0.337 e. The van der Waals surface area contributed by atoms with Crippen LogP contribution in [0.15, 0.2) is 48.5 Å². The first kappa shape index (κ1) is 20.1. The van der Waals surface area contributed by atoms with Crippen LogP contribution in [0.2, 0.25) is 0 Å². The van der Waals surface area contributed by atoms with Gasteiger partial charge in [-0.1, -0.05) is 61.0 Å². The van der Waals surface area contributed by atoms with Crippen molar-refractivity contribution >= 4 is 17.8 Å². The smallest absolute Gasteiger partial charge is 0.325 e. The van der Waals surface area contributed by atoms with Crippen LogP contribution in [-0.4, -0.2) is 40.7 Å². The highest BCUT2D eigenvalue weighted by molar-refractivity contribution is 6.09. The zero-order valence-electron chi connectivity index (χ0n) is 17.5. The zero-order chi connectivity index (χ0) is 21.3. The number of carbonyl (C=O) groups excluding carboxylic acids is 3. The van der Waals surface area contributed by atoms with E-state index in [1.165, 1.54) is 0 Å². The predicted octanol–water partition coefficient (Wildman–Crippen LogP) is 3.13. The predicted molar refractivity (Wildman–Crippen MR) is 114 cm³/mol. The van der Waals surface area contributed by atoms with E-state index in [4.69, 9.17) is 0 Å². The molecule has 1 heterocycles. The van der Waals surface area contributed by atoms with E-state index < -0.39 is 11.6 Å². The van der Waals surface area contributed by atoms with Gasteiger partial charge in [0.2, 0.25) is 5.91 Å². The molecular formula is C24H27N3O3. The third-order valence-corrected chi connectivity index (χ3v) is 6.06. The molecule has 1 atom stereocenters. The Balaban J connectivity index is 1.51. The number of rotatable bonds is 6. The summed E-state index contributed by atoms with van der Waals surface area (Å²) in [6.07, 6.45) is 2.07. The van der Waals surface area contributed by atoms with Crippen molar-refractivity contribution in [2.45, 2.75) is 45.2 Å². The fourth-order valence-corrected chi connectivity index (χ4v) is 4.44. The molecule has 0 saturated carbocycles. The minimum absolute atomic E-state index is 0.218. The average Bonchev–Trinajstić information content (AvgIpc) is 3.22. The first-order chi connectivity index (χ1) is 14.4. The third kappa shape index (κ3) is 3.47. The lowest BCUT2D eigenvalue weighted by Crippen LogP contribution is -2.45. The highest BCUT2D eigenvalue weighted by Crippen LogP contribution is 2.41. The van der Waals surface area contributed by atoms with Gasteiger partial charge in [0, 0.05) is 13.1 Å². The minimum Gasteiger partial charge on any atom is -0.337 e. The molecule has 2 aromatic carbocycles. The van der Waals surface area contributed by atoms with E-state index in [1.807, 2.05) is 62.4 Å². The Morgan fingerprint density at radius 1 is 1.13 bits per heavy atom. The summed E-state index contributed by atoms with van der Waals surface area (Å²) in [6.45, 7) is 4.83. The van der Waals surface area contributed by atoms with Gasteiger partial charge in [0.15, 0.2) is 0 Å². The van der Waals surface area contributed by atoms with Gasteiger partial charge in [-0.15, -0.1) is 0 Å². The average molecular weight is 405 g/mol. The second-order valence-electron chi connectivity index (χ2n) is 8.18. The van der Waals surface area contributed by atoms with Crippen molar-refractivity contribution in [2.24, 2.45) is 0 Å². The molecule has 1 unspecified atom stereocenters. The molecule has 4 rings (SSSR count). The Morgan fingerprint density at radius 2 is 1.87 bits per heavy atom. The molecule has 6 heteroatoms. The van der Waals surface area contributed by atoms with Crippen molar-refractivity contribution in [3.05, 3.63) is 70.8 Å². The zero-order valence-corrected chi connectivity index (χ0v) is 17.5. The summed E-state index contributed by atoms with van der Waals surface area (Å²) in [5.74, 6) is -0.540. The number of nitrogens with one attached hydrogen (secondary N) is 1. The van der Waals surface area contributed by atoms with Gasteiger partial charge < -0.3 is 10.2 Å². The van der Waals surface area contributed by atoms with Crippen LogP contribution in [0.25, 0.3) is 0 Å². The topological polar surface area (TPSA) is 69.7 Å². The molecule has 156 valence electrons. The van der Waals surface area contributed by atoms with Gasteiger partial charge in [-0.2, -0.15) is 0 Å². The molecule has 2 aromatic rings. The number of imide groups is 1. The lowest BCUT2D eigenvalue weighted by atomic mass is 9.92. The van der Waals surface area contributed by atoms with Gasteiger partial charge in [0.1, 0.15) is 12.1 Å². The van der Waals surface area contributed by atoms with Crippen LogP contribution in [0.4, 0.5) is 4.79 Å². The number of carbonyl (C=O) groups is 3. The second kappa shape index (κ2) is 7.94. The highest BCUT2D eigenvalue weighted by Gasteiger charge is 2.55. The highest BCUT2D eigenvalue weighted by atomic mass is 16.2. The minimum atomic E-state index is -1.03. The maximum Gasteiger partial charge on any atom is 0.325 e. The maximum atomic E-state index is 13.3. The molecule has 6 nitrogen and oxygen atoms in total. The lowest BCUT2D eigenvalue weighted by Gasteiger charge is -2.25. The van der Waals surface area contributed by atoms with E-state index in [-0.39, 0.29) is 18.4 Å². The molecule has 2 aliphatic rings. The van der Waals surface area contributed by atoms with Crippen molar-refractivity contribution in [3.63, 3.8) is 0 Å². The van der Waals surface area contributed by atoms with Crippen molar-refractivity contribution in [3.8, 4) is 0 Å². The van der Waals surface area contributed by atoms with E-state index >= 15 is 0 Å². The van der Waals surface area contributed by atoms with E-state index in [9.17, 15) is 14.4 Å². The van der Waals surface area contributed by atoms with E-state index in [1.54, 1.807) is 4.90 Å². The summed E-state index contributed by atoms with van der Waals surface area (Å²) < 4.78 is 0. The number of hydrogen-bond acceptors (Lipinski definition) is 3. The summed E-state index contributed by atoms with van der Waals surface area (Å²) in [5.41, 5.74) is 3.09. The third-order valence-electron chi connectivity index (χ3n) is 6.06. The number of urea groups is 1. The van der Waals surface area contributed by atoms with Crippen LogP contribution in [0.5, 0.6) is 0 Å². The molecule has 1 saturated heterocycles. The molecule has 1 aliphatic carbocycles. The summed E-state index contributed by atoms with van der Waals surface area (Å²) in [4.78, 5) is 41.8. The van der Waals surface area contributed by atoms with Gasteiger partial charge >= 0.3 is 6.03 Å². The number of aryl methyl sites for hydroxylation is 2. The second-order valence-corrected chi connectivity index (χ2v) is 8.18. The summed E-state index contributed by atoms with van der Waals surface area (Å²) in [6, 6.07) is 15.3. The SMILES string of the molecule is CCCN(Cc1ccc(C)cc1)C(=O)CN1C(=O)NC2(CCc3ccccc32)C1=O. The number of fused-ring (bicyclic) bond motifs is 2. The number of amides is 4. The van der Waals surface area contributed by atoms with E-state index in [0.29, 0.717) is 19.5 Å². The van der Waals surface area contributed by atoms with Gasteiger partial charge in [0.25, 0.3) is 5.91 Å². The van der Waals surface area contributed by atoms with Crippen molar-refractivity contribution in [1.82, 2.24) is 15.1 Å². The van der Waals surface area contributed by atoms with Crippen LogP contribution in [0.1, 0.15) is 42.0 Å².